The van der Waals surface area contributed by atoms with Crippen LogP contribution in [0.5, 0.6) is 5.75 Å². The minimum atomic E-state index is 0.758. The molecule has 0 aliphatic carbocycles. The topological polar surface area (TPSA) is 55.7 Å². The molecule has 7 nitrogen and oxygen atoms in total. The lowest BCUT2D eigenvalue weighted by molar-refractivity contribution is 0.0383. The van der Waals surface area contributed by atoms with Crippen LogP contribution in [0.25, 0.3) is 5.69 Å². The van der Waals surface area contributed by atoms with Crippen molar-refractivity contribution in [3.8, 4) is 11.4 Å². The number of thiazole rings is 1. The largest absolute Gasteiger partial charge is 0.497 e. The van der Waals surface area contributed by atoms with Crippen molar-refractivity contribution in [1.29, 1.82) is 0 Å². The maximum atomic E-state index is 5.47. The molecule has 0 amide bonds. The number of morpholine rings is 1. The molecule has 0 atom stereocenters. The van der Waals surface area contributed by atoms with Gasteiger partial charge in [-0.3, -0.25) is 4.90 Å². The highest BCUT2D eigenvalue weighted by Gasteiger charge is 2.15. The Morgan fingerprint density at radius 1 is 1.03 bits per heavy atom. The number of nitrogens with zero attached hydrogens (tertiary/aromatic N) is 5. The minimum absolute atomic E-state index is 0.758. The van der Waals surface area contributed by atoms with Crippen molar-refractivity contribution < 1.29 is 9.47 Å². The Kier molecular flexibility index (Phi) is 7.72. The van der Waals surface area contributed by atoms with Crippen molar-refractivity contribution in [3.63, 3.8) is 0 Å². The van der Waals surface area contributed by atoms with E-state index in [9.17, 15) is 0 Å². The van der Waals surface area contributed by atoms with E-state index in [2.05, 4.69) is 56.7 Å². The monoisotopic (exact) mass is 489 g/mol. The molecule has 1 aliphatic heterocycles. The molecule has 0 unspecified atom stereocenters. The molecule has 0 spiro atoms. The number of ether oxygens (including phenoxy) is 2. The van der Waals surface area contributed by atoms with Crippen LogP contribution >= 0.6 is 11.3 Å². The summed E-state index contributed by atoms with van der Waals surface area (Å²) in [6.45, 7) is 6.23. The SMILES string of the molecule is COc1cccc(CN(Cc2ccc(-n3cccn3)cc2)c2nc(CCN3CCOCC3)cs2)c1. The van der Waals surface area contributed by atoms with Gasteiger partial charge in [0.2, 0.25) is 0 Å². The van der Waals surface area contributed by atoms with Crippen molar-refractivity contribution >= 4 is 16.5 Å². The zero-order chi connectivity index (χ0) is 23.9. The Morgan fingerprint density at radius 2 is 1.86 bits per heavy atom. The van der Waals surface area contributed by atoms with E-state index in [1.807, 2.05) is 29.1 Å². The van der Waals surface area contributed by atoms with Gasteiger partial charge in [0.1, 0.15) is 5.75 Å². The molecule has 0 N–H and O–H groups in total. The molecule has 1 aliphatic rings. The first-order chi connectivity index (χ1) is 17.3. The van der Waals surface area contributed by atoms with Crippen molar-refractivity contribution in [3.05, 3.63) is 89.2 Å². The number of rotatable bonds is 10. The second kappa shape index (κ2) is 11.5. The molecule has 4 aromatic rings. The number of anilines is 1. The van der Waals surface area contributed by atoms with E-state index in [1.165, 1.54) is 11.1 Å². The maximum absolute atomic E-state index is 5.47. The lowest BCUT2D eigenvalue weighted by Gasteiger charge is -2.26. The summed E-state index contributed by atoms with van der Waals surface area (Å²) in [4.78, 5) is 9.83. The highest BCUT2D eigenvalue weighted by Crippen LogP contribution is 2.26. The van der Waals surface area contributed by atoms with E-state index in [0.717, 1.165) is 74.6 Å². The quantitative estimate of drug-likeness (QED) is 0.329. The highest BCUT2D eigenvalue weighted by molar-refractivity contribution is 7.13. The molecular weight excluding hydrogens is 458 g/mol. The first-order valence-electron chi connectivity index (χ1n) is 12.0. The molecule has 0 bridgehead atoms. The fraction of sp³-hybridized carbons (Fsp3) is 0.333. The number of methoxy groups -OCH3 is 1. The van der Waals surface area contributed by atoms with Crippen LogP contribution in [0.2, 0.25) is 0 Å². The van der Waals surface area contributed by atoms with Gasteiger partial charge in [-0.25, -0.2) is 9.67 Å². The zero-order valence-corrected chi connectivity index (χ0v) is 20.9. The molecular formula is C27H31N5O2S. The molecule has 182 valence electrons. The van der Waals surface area contributed by atoms with Crippen LogP contribution in [0, 0.1) is 0 Å². The number of hydrogen-bond donors (Lipinski definition) is 0. The molecule has 1 fully saturated rings. The van der Waals surface area contributed by atoms with Gasteiger partial charge in [0.25, 0.3) is 0 Å². The van der Waals surface area contributed by atoms with Gasteiger partial charge in [-0.05, 0) is 41.5 Å². The Labute approximate surface area is 210 Å². The average molecular weight is 490 g/mol. The fourth-order valence-corrected chi connectivity index (χ4v) is 5.09. The van der Waals surface area contributed by atoms with Crippen LogP contribution in [0.4, 0.5) is 5.13 Å². The number of aromatic nitrogens is 3. The normalized spacial score (nSPS) is 14.2. The summed E-state index contributed by atoms with van der Waals surface area (Å²) in [7, 11) is 1.71. The van der Waals surface area contributed by atoms with Crippen LogP contribution < -0.4 is 9.64 Å². The number of hydrogen-bond acceptors (Lipinski definition) is 7. The lowest BCUT2D eigenvalue weighted by atomic mass is 10.1. The summed E-state index contributed by atoms with van der Waals surface area (Å²) >= 11 is 1.72. The first kappa shape index (κ1) is 23.5. The lowest BCUT2D eigenvalue weighted by Crippen LogP contribution is -2.37. The van der Waals surface area contributed by atoms with Crippen LogP contribution in [0.15, 0.2) is 72.4 Å². The molecule has 2 aromatic carbocycles. The van der Waals surface area contributed by atoms with Crippen LogP contribution in [-0.2, 0) is 24.2 Å². The van der Waals surface area contributed by atoms with Crippen molar-refractivity contribution in [2.75, 3.05) is 44.9 Å². The predicted octanol–water partition coefficient (Wildman–Crippen LogP) is 4.42. The summed E-state index contributed by atoms with van der Waals surface area (Å²) in [6, 6.07) is 18.8. The van der Waals surface area contributed by atoms with Crippen LogP contribution in [-0.4, -0.2) is 59.6 Å². The average Bonchev–Trinajstić information content (AvgIpc) is 3.61. The van der Waals surface area contributed by atoms with Crippen LogP contribution in [0.3, 0.4) is 0 Å². The van der Waals surface area contributed by atoms with E-state index in [-0.39, 0.29) is 0 Å². The predicted molar refractivity (Wildman–Crippen MR) is 140 cm³/mol. The van der Waals surface area contributed by atoms with E-state index in [4.69, 9.17) is 14.5 Å². The van der Waals surface area contributed by atoms with E-state index in [1.54, 1.807) is 24.6 Å². The van der Waals surface area contributed by atoms with E-state index in [0.29, 0.717) is 0 Å². The Balaban J connectivity index is 1.32. The summed E-state index contributed by atoms with van der Waals surface area (Å²) in [5, 5.41) is 7.57. The van der Waals surface area contributed by atoms with E-state index < -0.39 is 0 Å². The molecule has 2 aromatic heterocycles. The first-order valence-corrected chi connectivity index (χ1v) is 12.9. The van der Waals surface area contributed by atoms with Crippen LogP contribution in [0.1, 0.15) is 16.8 Å². The molecule has 35 heavy (non-hydrogen) atoms. The smallest absolute Gasteiger partial charge is 0.186 e. The van der Waals surface area contributed by atoms with Gasteiger partial charge in [-0.2, -0.15) is 5.10 Å². The standard InChI is InChI=1S/C27H31N5O2S/c1-33-26-5-2-4-23(18-26)20-31(19-22-6-8-25(9-7-22)32-12-3-11-28-32)27-29-24(21-35-27)10-13-30-14-16-34-17-15-30/h2-9,11-12,18,21H,10,13-17,19-20H2,1H3. The minimum Gasteiger partial charge on any atom is -0.497 e. The highest BCUT2D eigenvalue weighted by atomic mass is 32.1. The van der Waals surface area contributed by atoms with Crippen molar-refractivity contribution in [1.82, 2.24) is 19.7 Å². The third-order valence-electron chi connectivity index (χ3n) is 6.18. The Hall–Kier alpha value is -3.20. The van der Waals surface area contributed by atoms with Crippen molar-refractivity contribution in [2.24, 2.45) is 0 Å². The van der Waals surface area contributed by atoms with Gasteiger partial charge < -0.3 is 14.4 Å². The zero-order valence-electron chi connectivity index (χ0n) is 20.0. The Morgan fingerprint density at radius 3 is 2.63 bits per heavy atom. The van der Waals surface area contributed by atoms with Gasteiger partial charge in [0.15, 0.2) is 5.13 Å². The number of benzene rings is 2. The Bertz CT molecular complexity index is 1190. The van der Waals surface area contributed by atoms with Gasteiger partial charge in [0.05, 0.1) is 31.7 Å². The summed E-state index contributed by atoms with van der Waals surface area (Å²) in [5.41, 5.74) is 4.63. The van der Waals surface area contributed by atoms with Gasteiger partial charge >= 0.3 is 0 Å². The summed E-state index contributed by atoms with van der Waals surface area (Å²) in [6.07, 6.45) is 4.71. The summed E-state index contributed by atoms with van der Waals surface area (Å²) < 4.78 is 12.8. The van der Waals surface area contributed by atoms with Crippen molar-refractivity contribution in [2.45, 2.75) is 19.5 Å². The second-order valence-corrected chi connectivity index (χ2v) is 9.49. The maximum Gasteiger partial charge on any atom is 0.186 e. The molecule has 5 rings (SSSR count). The third kappa shape index (κ3) is 6.28. The van der Waals surface area contributed by atoms with Gasteiger partial charge in [-0.15, -0.1) is 11.3 Å². The van der Waals surface area contributed by atoms with Gasteiger partial charge in [-0.1, -0.05) is 24.3 Å². The van der Waals surface area contributed by atoms with Gasteiger partial charge in [0, 0.05) is 56.9 Å². The molecule has 1 saturated heterocycles. The second-order valence-electron chi connectivity index (χ2n) is 8.65. The molecule has 0 radical (unpaired) electrons. The van der Waals surface area contributed by atoms with E-state index >= 15 is 0 Å². The summed E-state index contributed by atoms with van der Waals surface area (Å²) in [5.74, 6) is 0.872. The third-order valence-corrected chi connectivity index (χ3v) is 7.13. The molecule has 0 saturated carbocycles. The molecule has 8 heteroatoms. The fourth-order valence-electron chi connectivity index (χ4n) is 4.23. The molecule has 3 heterocycles.